The molecule has 7 heteroatoms. The summed E-state index contributed by atoms with van der Waals surface area (Å²) in [6.07, 6.45) is 4.57. The molecule has 0 N–H and O–H groups in total. The van der Waals surface area contributed by atoms with E-state index in [1.807, 2.05) is 52.8 Å². The summed E-state index contributed by atoms with van der Waals surface area (Å²) in [6.45, 7) is 3.15. The van der Waals surface area contributed by atoms with Crippen LogP contribution < -0.4 is 0 Å². The molecule has 7 nitrogen and oxygen atoms in total. The number of methoxy groups -OCH3 is 1. The van der Waals surface area contributed by atoms with E-state index in [0.29, 0.717) is 24.7 Å². The van der Waals surface area contributed by atoms with E-state index < -0.39 is 0 Å². The maximum Gasteiger partial charge on any atom is 0.272 e. The number of rotatable bonds is 3. The molecule has 4 aromatic rings. The van der Waals surface area contributed by atoms with Crippen molar-refractivity contribution >= 4 is 22.7 Å². The third-order valence-electron chi connectivity index (χ3n) is 5.32. The largest absolute Gasteiger partial charge is 0.441 e. The van der Waals surface area contributed by atoms with Crippen LogP contribution in [0, 0.1) is 6.92 Å². The van der Waals surface area contributed by atoms with Crippen LogP contribution in [0.2, 0.25) is 0 Å². The van der Waals surface area contributed by atoms with Crippen LogP contribution in [0.3, 0.4) is 0 Å². The molecule has 1 aliphatic heterocycles. The van der Waals surface area contributed by atoms with E-state index in [9.17, 15) is 4.79 Å². The van der Waals surface area contributed by atoms with Gasteiger partial charge in [0.05, 0.1) is 12.3 Å². The number of hydrogen-bond acceptors (Lipinski definition) is 5. The van der Waals surface area contributed by atoms with Gasteiger partial charge in [0.2, 0.25) is 0 Å². The van der Waals surface area contributed by atoms with Gasteiger partial charge in [-0.1, -0.05) is 6.07 Å². The zero-order valence-corrected chi connectivity index (χ0v) is 15.8. The standard InChI is InChI=1S/C21H20N4O3/c1-13-23-17-9-14(3-5-19(17)28-13)15-4-6-20-22-10-18(25(20)11-15)21(26)24-8-7-16(12-24)27-2/h3-6,9-11,16H,7-8,12H2,1-2H3/t16-/m0/s1. The number of aryl methyl sites for hydroxylation is 1. The number of carbonyl (C=O) groups excluding carboxylic acids is 1. The highest BCUT2D eigenvalue weighted by molar-refractivity contribution is 5.93. The van der Waals surface area contributed by atoms with Crippen LogP contribution in [0.15, 0.2) is 47.1 Å². The average molecular weight is 376 g/mol. The Bertz CT molecular complexity index is 1190. The highest BCUT2D eigenvalue weighted by Gasteiger charge is 2.28. The van der Waals surface area contributed by atoms with E-state index in [-0.39, 0.29) is 12.0 Å². The van der Waals surface area contributed by atoms with Crippen molar-refractivity contribution in [2.45, 2.75) is 19.4 Å². The predicted molar refractivity (Wildman–Crippen MR) is 104 cm³/mol. The molecular weight excluding hydrogens is 356 g/mol. The normalized spacial score (nSPS) is 17.1. The highest BCUT2D eigenvalue weighted by atomic mass is 16.5. The van der Waals surface area contributed by atoms with Gasteiger partial charge < -0.3 is 14.1 Å². The van der Waals surface area contributed by atoms with Crippen LogP contribution in [-0.2, 0) is 4.74 Å². The molecule has 1 fully saturated rings. The molecule has 142 valence electrons. The number of imidazole rings is 1. The van der Waals surface area contributed by atoms with Crippen molar-refractivity contribution in [1.82, 2.24) is 19.3 Å². The summed E-state index contributed by atoms with van der Waals surface area (Å²) in [7, 11) is 1.69. The van der Waals surface area contributed by atoms with Gasteiger partial charge in [-0.3, -0.25) is 9.20 Å². The molecule has 0 aliphatic carbocycles. The molecule has 3 aromatic heterocycles. The molecule has 1 aromatic carbocycles. The minimum absolute atomic E-state index is 0.0215. The van der Waals surface area contributed by atoms with Crippen molar-refractivity contribution in [1.29, 1.82) is 0 Å². The lowest BCUT2D eigenvalue weighted by Crippen LogP contribution is -2.30. The van der Waals surface area contributed by atoms with Gasteiger partial charge in [0.15, 0.2) is 11.5 Å². The average Bonchev–Trinajstić information content (AvgIpc) is 3.43. The Morgan fingerprint density at radius 2 is 2.11 bits per heavy atom. The van der Waals surface area contributed by atoms with Crippen LogP contribution in [0.25, 0.3) is 27.9 Å². The maximum atomic E-state index is 13.0. The molecule has 0 radical (unpaired) electrons. The van der Waals surface area contributed by atoms with E-state index in [1.165, 1.54) is 0 Å². The van der Waals surface area contributed by atoms with Crippen LogP contribution in [0.1, 0.15) is 22.8 Å². The highest BCUT2D eigenvalue weighted by Crippen LogP contribution is 2.26. The van der Waals surface area contributed by atoms with Gasteiger partial charge in [-0.25, -0.2) is 9.97 Å². The zero-order chi connectivity index (χ0) is 19.3. The Kier molecular flexibility index (Phi) is 3.91. The number of benzene rings is 1. The number of pyridine rings is 1. The lowest BCUT2D eigenvalue weighted by Gasteiger charge is -2.16. The molecule has 0 bridgehead atoms. The second-order valence-corrected chi connectivity index (χ2v) is 7.10. The zero-order valence-electron chi connectivity index (χ0n) is 15.8. The molecule has 28 heavy (non-hydrogen) atoms. The number of likely N-dealkylation sites (tertiary alicyclic amines) is 1. The number of nitrogens with zero attached hydrogens (tertiary/aromatic N) is 4. The summed E-state index contributed by atoms with van der Waals surface area (Å²) in [5.74, 6) is 0.622. The number of carbonyl (C=O) groups is 1. The molecule has 0 spiro atoms. The number of aromatic nitrogens is 3. The van der Waals surface area contributed by atoms with E-state index in [2.05, 4.69) is 9.97 Å². The van der Waals surface area contributed by atoms with E-state index in [0.717, 1.165) is 34.3 Å². The van der Waals surface area contributed by atoms with Crippen molar-refractivity contribution in [3.8, 4) is 11.1 Å². The van der Waals surface area contributed by atoms with E-state index in [1.54, 1.807) is 13.3 Å². The van der Waals surface area contributed by atoms with Gasteiger partial charge >= 0.3 is 0 Å². The van der Waals surface area contributed by atoms with Crippen molar-refractivity contribution in [3.63, 3.8) is 0 Å². The van der Waals surface area contributed by atoms with E-state index >= 15 is 0 Å². The Morgan fingerprint density at radius 1 is 1.25 bits per heavy atom. The molecule has 4 heterocycles. The summed E-state index contributed by atoms with van der Waals surface area (Å²) < 4.78 is 12.8. The predicted octanol–water partition coefficient (Wildman–Crippen LogP) is 3.31. The molecule has 5 rings (SSSR count). The Hall–Kier alpha value is -3.19. The number of ether oxygens (including phenoxy) is 1. The van der Waals surface area contributed by atoms with Gasteiger partial charge in [-0.2, -0.15) is 0 Å². The first-order chi connectivity index (χ1) is 13.6. The first kappa shape index (κ1) is 16.9. The third-order valence-corrected chi connectivity index (χ3v) is 5.32. The maximum absolute atomic E-state index is 13.0. The number of hydrogen-bond donors (Lipinski definition) is 0. The molecule has 0 unspecified atom stereocenters. The number of oxazole rings is 1. The second kappa shape index (κ2) is 6.45. The smallest absolute Gasteiger partial charge is 0.272 e. The molecule has 1 amide bonds. The fraction of sp³-hybridized carbons (Fsp3) is 0.286. The topological polar surface area (TPSA) is 72.9 Å². The molecule has 1 saturated heterocycles. The van der Waals surface area contributed by atoms with Crippen LogP contribution in [-0.4, -0.2) is 51.5 Å². The van der Waals surface area contributed by atoms with Crippen molar-refractivity contribution in [2.75, 3.05) is 20.2 Å². The lowest BCUT2D eigenvalue weighted by molar-refractivity contribution is 0.0718. The van der Waals surface area contributed by atoms with Gasteiger partial charge in [0, 0.05) is 33.3 Å². The van der Waals surface area contributed by atoms with Crippen molar-refractivity contribution < 1.29 is 13.9 Å². The summed E-state index contributed by atoms with van der Waals surface area (Å²) in [5.41, 5.74) is 4.89. The Balaban J connectivity index is 1.53. The SMILES string of the molecule is CO[C@H]1CCN(C(=O)c2cnc3ccc(-c4ccc5oc(C)nc5c4)cn23)C1. The summed E-state index contributed by atoms with van der Waals surface area (Å²) in [5, 5.41) is 0. The first-order valence-electron chi connectivity index (χ1n) is 9.29. The number of fused-ring (bicyclic) bond motifs is 2. The summed E-state index contributed by atoms with van der Waals surface area (Å²) >= 11 is 0. The van der Waals surface area contributed by atoms with Crippen LogP contribution >= 0.6 is 0 Å². The van der Waals surface area contributed by atoms with Gasteiger partial charge in [0.1, 0.15) is 16.9 Å². The van der Waals surface area contributed by atoms with Gasteiger partial charge in [0.25, 0.3) is 5.91 Å². The molecular formula is C21H20N4O3. The fourth-order valence-electron chi connectivity index (χ4n) is 3.80. The third kappa shape index (κ3) is 2.75. The van der Waals surface area contributed by atoms with Crippen LogP contribution in [0.5, 0.6) is 0 Å². The Morgan fingerprint density at radius 3 is 2.93 bits per heavy atom. The van der Waals surface area contributed by atoms with E-state index in [4.69, 9.17) is 9.15 Å². The van der Waals surface area contributed by atoms with Gasteiger partial charge in [-0.15, -0.1) is 0 Å². The summed E-state index contributed by atoms with van der Waals surface area (Å²) in [6, 6.07) is 9.84. The Labute approximate surface area is 161 Å². The molecule has 0 saturated carbocycles. The number of amides is 1. The summed E-state index contributed by atoms with van der Waals surface area (Å²) in [4.78, 5) is 23.6. The van der Waals surface area contributed by atoms with Crippen molar-refractivity contribution in [2.24, 2.45) is 0 Å². The van der Waals surface area contributed by atoms with Crippen molar-refractivity contribution in [3.05, 3.63) is 54.3 Å². The monoisotopic (exact) mass is 376 g/mol. The minimum Gasteiger partial charge on any atom is -0.441 e. The van der Waals surface area contributed by atoms with Crippen LogP contribution in [0.4, 0.5) is 0 Å². The lowest BCUT2D eigenvalue weighted by atomic mass is 10.1. The second-order valence-electron chi connectivity index (χ2n) is 7.10. The first-order valence-corrected chi connectivity index (χ1v) is 9.29. The molecule has 1 atom stereocenters. The molecule has 1 aliphatic rings. The quantitative estimate of drug-likeness (QED) is 0.548. The van der Waals surface area contributed by atoms with Gasteiger partial charge in [-0.05, 0) is 41.8 Å². The minimum atomic E-state index is -0.0215. The fourth-order valence-corrected chi connectivity index (χ4v) is 3.80.